The lowest BCUT2D eigenvalue weighted by Crippen LogP contribution is -1.92. The number of carbonyl (C=O) groups is 1. The van der Waals surface area contributed by atoms with Crippen LogP contribution in [-0.2, 0) is 10.5 Å². The quantitative estimate of drug-likeness (QED) is 0.634. The van der Waals surface area contributed by atoms with Crippen molar-refractivity contribution in [2.45, 2.75) is 12.7 Å². The molecule has 6 heteroatoms. The second kappa shape index (κ2) is 5.27. The van der Waals surface area contributed by atoms with Crippen molar-refractivity contribution in [3.63, 3.8) is 0 Å². The summed E-state index contributed by atoms with van der Waals surface area (Å²) in [6.07, 6.45) is 0. The van der Waals surface area contributed by atoms with E-state index in [-0.39, 0.29) is 10.8 Å². The van der Waals surface area contributed by atoms with Crippen molar-refractivity contribution < 1.29 is 9.72 Å². The summed E-state index contributed by atoms with van der Waals surface area (Å²) in [5.41, 5.74) is 0.793. The zero-order valence-corrected chi connectivity index (χ0v) is 10.3. The number of benzene rings is 1. The summed E-state index contributed by atoms with van der Waals surface area (Å²) < 4.78 is 0.448. The third kappa shape index (κ3) is 3.64. The predicted molar refractivity (Wildman–Crippen MR) is 62.8 cm³/mol. The molecule has 0 amide bonds. The second-order valence-electron chi connectivity index (χ2n) is 2.82. The fraction of sp³-hybridized carbons (Fsp3) is 0.222. The average Bonchev–Trinajstić information content (AvgIpc) is 2.16. The Balaban J connectivity index is 2.87. The number of nitro groups is 1. The molecule has 0 aliphatic carbocycles. The lowest BCUT2D eigenvalue weighted by Gasteiger charge is -2.00. The zero-order valence-electron chi connectivity index (χ0n) is 7.90. The first-order valence-electron chi connectivity index (χ1n) is 4.07. The van der Waals surface area contributed by atoms with Gasteiger partial charge in [-0.25, -0.2) is 0 Å². The molecule has 0 aliphatic heterocycles. The van der Waals surface area contributed by atoms with Gasteiger partial charge in [-0.3, -0.25) is 14.9 Å². The number of rotatable bonds is 3. The molecule has 0 spiro atoms. The number of thioether (sulfide) groups is 1. The van der Waals surface area contributed by atoms with E-state index in [1.165, 1.54) is 13.0 Å². The molecule has 80 valence electrons. The van der Waals surface area contributed by atoms with Crippen molar-refractivity contribution in [2.24, 2.45) is 0 Å². The Morgan fingerprint density at radius 2 is 2.27 bits per heavy atom. The van der Waals surface area contributed by atoms with Crippen molar-refractivity contribution in [1.82, 2.24) is 0 Å². The van der Waals surface area contributed by atoms with Crippen LogP contribution in [0.25, 0.3) is 0 Å². The monoisotopic (exact) mass is 289 g/mol. The van der Waals surface area contributed by atoms with Gasteiger partial charge in [-0.1, -0.05) is 17.8 Å². The van der Waals surface area contributed by atoms with Gasteiger partial charge in [0.15, 0.2) is 5.12 Å². The van der Waals surface area contributed by atoms with Crippen LogP contribution in [0.2, 0.25) is 0 Å². The highest BCUT2D eigenvalue weighted by atomic mass is 79.9. The second-order valence-corrected chi connectivity index (χ2v) is 4.83. The summed E-state index contributed by atoms with van der Waals surface area (Å²) in [5, 5.41) is 10.6. The topological polar surface area (TPSA) is 60.2 Å². The Kier molecular flexibility index (Phi) is 4.28. The maximum Gasteiger partial charge on any atom is 0.283 e. The van der Waals surface area contributed by atoms with Gasteiger partial charge in [0.1, 0.15) is 0 Å². The lowest BCUT2D eigenvalue weighted by molar-refractivity contribution is -0.385. The maximum atomic E-state index is 10.7. The molecule has 0 saturated heterocycles. The van der Waals surface area contributed by atoms with Crippen LogP contribution in [0.3, 0.4) is 0 Å². The van der Waals surface area contributed by atoms with Crippen LogP contribution in [0.1, 0.15) is 12.5 Å². The average molecular weight is 290 g/mol. The number of hydrogen-bond acceptors (Lipinski definition) is 4. The van der Waals surface area contributed by atoms with E-state index in [1.54, 1.807) is 12.1 Å². The van der Waals surface area contributed by atoms with Gasteiger partial charge < -0.3 is 0 Å². The molecule has 1 aromatic rings. The molecule has 0 atom stereocenters. The van der Waals surface area contributed by atoms with Gasteiger partial charge in [0.25, 0.3) is 5.69 Å². The molecule has 1 aromatic carbocycles. The van der Waals surface area contributed by atoms with E-state index in [0.717, 1.165) is 17.3 Å². The molecule has 1 rings (SSSR count). The Morgan fingerprint density at radius 1 is 1.60 bits per heavy atom. The van der Waals surface area contributed by atoms with Crippen LogP contribution in [0, 0.1) is 10.1 Å². The highest BCUT2D eigenvalue weighted by molar-refractivity contribution is 9.10. The van der Waals surface area contributed by atoms with E-state index in [9.17, 15) is 14.9 Å². The smallest absolute Gasteiger partial charge is 0.283 e. The Labute approximate surface area is 99.3 Å². The van der Waals surface area contributed by atoms with E-state index in [4.69, 9.17) is 0 Å². The molecule has 4 nitrogen and oxygen atoms in total. The molecule has 0 N–H and O–H groups in total. The van der Waals surface area contributed by atoms with Crippen LogP contribution < -0.4 is 0 Å². The zero-order chi connectivity index (χ0) is 11.4. The molecule has 0 heterocycles. The van der Waals surface area contributed by atoms with Gasteiger partial charge in [0, 0.05) is 18.7 Å². The fourth-order valence-electron chi connectivity index (χ4n) is 0.973. The van der Waals surface area contributed by atoms with Crippen molar-refractivity contribution in [1.29, 1.82) is 0 Å². The van der Waals surface area contributed by atoms with Crippen LogP contribution in [-0.4, -0.2) is 10.0 Å². The van der Waals surface area contributed by atoms with Crippen molar-refractivity contribution >= 4 is 38.5 Å². The van der Waals surface area contributed by atoms with Crippen LogP contribution in [0.15, 0.2) is 22.7 Å². The summed E-state index contributed by atoms with van der Waals surface area (Å²) in [6, 6.07) is 4.85. The van der Waals surface area contributed by atoms with E-state index in [2.05, 4.69) is 15.9 Å². The summed E-state index contributed by atoms with van der Waals surface area (Å²) in [7, 11) is 0. The van der Waals surface area contributed by atoms with Gasteiger partial charge >= 0.3 is 0 Å². The van der Waals surface area contributed by atoms with Gasteiger partial charge in [0.2, 0.25) is 0 Å². The lowest BCUT2D eigenvalue weighted by atomic mass is 10.2. The summed E-state index contributed by atoms with van der Waals surface area (Å²) in [4.78, 5) is 20.9. The Hall–Kier alpha value is -0.880. The number of hydrogen-bond donors (Lipinski definition) is 0. The minimum atomic E-state index is -0.452. The first-order valence-corrected chi connectivity index (χ1v) is 5.84. The normalized spacial score (nSPS) is 10.0. The van der Waals surface area contributed by atoms with Gasteiger partial charge in [-0.2, -0.15) is 0 Å². The highest BCUT2D eigenvalue weighted by Gasteiger charge is 2.12. The summed E-state index contributed by atoms with van der Waals surface area (Å²) >= 11 is 4.23. The standard InChI is InChI=1S/C9H8BrNO3S/c1-6(12)15-5-7-2-3-8(10)9(4-7)11(13)14/h2-4H,5H2,1H3. The van der Waals surface area contributed by atoms with E-state index in [1.807, 2.05) is 0 Å². The molecular formula is C9H8BrNO3S. The number of carbonyl (C=O) groups excluding carboxylic acids is 1. The molecule has 0 aromatic heterocycles. The van der Waals surface area contributed by atoms with Crippen LogP contribution in [0.4, 0.5) is 5.69 Å². The first kappa shape index (κ1) is 12.2. The minimum absolute atomic E-state index is 0.000529. The maximum absolute atomic E-state index is 10.7. The molecule has 0 fully saturated rings. The van der Waals surface area contributed by atoms with Crippen molar-refractivity contribution in [2.75, 3.05) is 0 Å². The SMILES string of the molecule is CC(=O)SCc1ccc(Br)c([N+](=O)[O-])c1. The minimum Gasteiger partial charge on any atom is -0.288 e. The van der Waals surface area contributed by atoms with Crippen molar-refractivity contribution in [3.8, 4) is 0 Å². The largest absolute Gasteiger partial charge is 0.288 e. The summed E-state index contributed by atoms with van der Waals surface area (Å²) in [6.45, 7) is 1.47. The molecule has 0 radical (unpaired) electrons. The number of halogens is 1. The summed E-state index contributed by atoms with van der Waals surface area (Å²) in [5.74, 6) is 0.462. The van der Waals surface area contributed by atoms with Gasteiger partial charge in [-0.15, -0.1) is 0 Å². The molecule has 0 aliphatic rings. The predicted octanol–water partition coefficient (Wildman–Crippen LogP) is 3.14. The molecule has 15 heavy (non-hydrogen) atoms. The third-order valence-electron chi connectivity index (χ3n) is 1.65. The van der Waals surface area contributed by atoms with E-state index >= 15 is 0 Å². The van der Waals surface area contributed by atoms with Crippen LogP contribution >= 0.6 is 27.7 Å². The van der Waals surface area contributed by atoms with Crippen molar-refractivity contribution in [3.05, 3.63) is 38.3 Å². The van der Waals surface area contributed by atoms with Crippen LogP contribution in [0.5, 0.6) is 0 Å². The van der Waals surface area contributed by atoms with E-state index in [0.29, 0.717) is 10.2 Å². The Bertz CT molecular complexity index is 408. The molecule has 0 bridgehead atoms. The highest BCUT2D eigenvalue weighted by Crippen LogP contribution is 2.27. The van der Waals surface area contributed by atoms with Gasteiger partial charge in [0.05, 0.1) is 9.40 Å². The fourth-order valence-corrected chi connectivity index (χ4v) is 1.91. The number of nitro benzene ring substituents is 1. The Morgan fingerprint density at radius 3 is 2.80 bits per heavy atom. The van der Waals surface area contributed by atoms with E-state index < -0.39 is 4.92 Å². The third-order valence-corrected chi connectivity index (χ3v) is 3.20. The molecular weight excluding hydrogens is 282 g/mol. The first-order chi connectivity index (χ1) is 7.00. The molecule has 0 saturated carbocycles. The molecule has 0 unspecified atom stereocenters. The van der Waals surface area contributed by atoms with Gasteiger partial charge in [-0.05, 0) is 27.6 Å². The number of nitrogens with zero attached hydrogens (tertiary/aromatic N) is 1.